The summed E-state index contributed by atoms with van der Waals surface area (Å²) in [5.41, 5.74) is 18.5. The molecule has 0 heterocycles. The van der Waals surface area contributed by atoms with Gasteiger partial charge in [0.1, 0.15) is 0 Å². The van der Waals surface area contributed by atoms with Crippen LogP contribution in [0, 0.1) is 0 Å². The Morgan fingerprint density at radius 1 is 0.314 bits per heavy atom. The van der Waals surface area contributed by atoms with Crippen LogP contribution in [0.3, 0.4) is 0 Å². The summed E-state index contributed by atoms with van der Waals surface area (Å²) in [6.07, 6.45) is 0. The Kier molecular flexibility index (Phi) is 5.82. The fourth-order valence-electron chi connectivity index (χ4n) is 9.37. The van der Waals surface area contributed by atoms with Gasteiger partial charge in [-0.25, -0.2) is 0 Å². The molecule has 2 aliphatic carbocycles. The van der Waals surface area contributed by atoms with E-state index in [0.29, 0.717) is 0 Å². The van der Waals surface area contributed by atoms with Crippen molar-refractivity contribution in [3.8, 4) is 66.8 Å². The molecule has 11 rings (SSSR count). The van der Waals surface area contributed by atoms with E-state index in [0.717, 1.165) is 0 Å². The SMILES string of the molecule is CC1(C)c2cc(-c3ccc(-c4c5c(c(-c6ccccc6)c6ccccc46)-c4cccc6cccc-5c46)cc3)ccc2-c2cc3ccccc3cc21. The number of benzene rings is 9. The van der Waals surface area contributed by atoms with Gasteiger partial charge in [-0.3, -0.25) is 0 Å². The van der Waals surface area contributed by atoms with Crippen LogP contribution in [0.1, 0.15) is 25.0 Å². The molecule has 0 amide bonds. The molecule has 0 heteroatoms. The molecule has 0 aliphatic heterocycles. The van der Waals surface area contributed by atoms with E-state index < -0.39 is 0 Å². The fraction of sp³-hybridized carbons (Fsp3) is 0.0588. The maximum absolute atomic E-state index is 2.44. The minimum absolute atomic E-state index is 0.0688. The van der Waals surface area contributed by atoms with E-state index in [1.165, 1.54) is 110 Å². The van der Waals surface area contributed by atoms with Gasteiger partial charge in [-0.2, -0.15) is 0 Å². The van der Waals surface area contributed by atoms with Crippen LogP contribution in [0.2, 0.25) is 0 Å². The molecule has 0 saturated heterocycles. The zero-order valence-electron chi connectivity index (χ0n) is 28.7. The van der Waals surface area contributed by atoms with Crippen molar-refractivity contribution in [1.82, 2.24) is 0 Å². The summed E-state index contributed by atoms with van der Waals surface area (Å²) in [6, 6.07) is 63.5. The lowest BCUT2D eigenvalue weighted by atomic mass is 9.81. The molecule has 2 aliphatic rings. The molecule has 9 aromatic carbocycles. The Morgan fingerprint density at radius 2 is 0.824 bits per heavy atom. The van der Waals surface area contributed by atoms with Gasteiger partial charge in [0.25, 0.3) is 0 Å². The Labute approximate surface area is 298 Å². The first-order valence-electron chi connectivity index (χ1n) is 18.0. The van der Waals surface area contributed by atoms with Crippen LogP contribution in [0.5, 0.6) is 0 Å². The van der Waals surface area contributed by atoms with Crippen LogP contribution in [0.15, 0.2) is 170 Å². The van der Waals surface area contributed by atoms with Crippen molar-refractivity contribution in [2.24, 2.45) is 0 Å². The first-order chi connectivity index (χ1) is 25.1. The number of hydrogen-bond donors (Lipinski definition) is 0. The summed E-state index contributed by atoms with van der Waals surface area (Å²) in [7, 11) is 0. The van der Waals surface area contributed by atoms with Crippen LogP contribution in [-0.2, 0) is 5.41 Å². The van der Waals surface area contributed by atoms with Crippen molar-refractivity contribution in [2.75, 3.05) is 0 Å². The summed E-state index contributed by atoms with van der Waals surface area (Å²) < 4.78 is 0. The molecule has 0 nitrogen and oxygen atoms in total. The van der Waals surface area contributed by atoms with Crippen molar-refractivity contribution < 1.29 is 0 Å². The molecule has 9 aromatic rings. The van der Waals surface area contributed by atoms with E-state index in [1.807, 2.05) is 0 Å². The first kappa shape index (κ1) is 28.6. The van der Waals surface area contributed by atoms with Gasteiger partial charge < -0.3 is 0 Å². The molecular formula is C51H34. The average molecular weight is 647 g/mol. The molecule has 0 saturated carbocycles. The van der Waals surface area contributed by atoms with Gasteiger partial charge >= 0.3 is 0 Å². The second-order valence-electron chi connectivity index (χ2n) is 14.8. The van der Waals surface area contributed by atoms with Crippen molar-refractivity contribution in [3.63, 3.8) is 0 Å². The topological polar surface area (TPSA) is 0 Å². The molecule has 0 fully saturated rings. The Balaban J connectivity index is 1.10. The number of rotatable bonds is 3. The van der Waals surface area contributed by atoms with E-state index in [1.54, 1.807) is 0 Å². The van der Waals surface area contributed by atoms with Crippen LogP contribution >= 0.6 is 0 Å². The molecule has 0 aromatic heterocycles. The summed E-state index contributed by atoms with van der Waals surface area (Å²) in [6.45, 7) is 4.76. The monoisotopic (exact) mass is 646 g/mol. The zero-order valence-corrected chi connectivity index (χ0v) is 28.7. The van der Waals surface area contributed by atoms with Gasteiger partial charge in [0.15, 0.2) is 0 Å². The van der Waals surface area contributed by atoms with Crippen LogP contribution in [0.25, 0.3) is 99.1 Å². The van der Waals surface area contributed by atoms with Gasteiger partial charge in [0.2, 0.25) is 0 Å². The zero-order chi connectivity index (χ0) is 33.8. The highest BCUT2D eigenvalue weighted by molar-refractivity contribution is 6.27. The normalized spacial score (nSPS) is 13.5. The largest absolute Gasteiger partial charge is 0.0622 e. The average Bonchev–Trinajstić information content (AvgIpc) is 3.62. The molecule has 0 atom stereocenters. The van der Waals surface area contributed by atoms with Crippen LogP contribution in [0.4, 0.5) is 0 Å². The molecule has 51 heavy (non-hydrogen) atoms. The molecular weight excluding hydrogens is 613 g/mol. The summed E-state index contributed by atoms with van der Waals surface area (Å²) in [4.78, 5) is 0. The van der Waals surface area contributed by atoms with Gasteiger partial charge in [0, 0.05) is 5.41 Å². The van der Waals surface area contributed by atoms with Crippen molar-refractivity contribution in [1.29, 1.82) is 0 Å². The third-order valence-corrected chi connectivity index (χ3v) is 11.8. The molecule has 238 valence electrons. The van der Waals surface area contributed by atoms with Crippen molar-refractivity contribution >= 4 is 32.3 Å². The van der Waals surface area contributed by atoms with Gasteiger partial charge in [-0.05, 0) is 128 Å². The van der Waals surface area contributed by atoms with E-state index >= 15 is 0 Å². The molecule has 0 N–H and O–H groups in total. The molecule has 0 radical (unpaired) electrons. The van der Waals surface area contributed by atoms with Crippen LogP contribution in [-0.4, -0.2) is 0 Å². The third-order valence-electron chi connectivity index (χ3n) is 11.8. The van der Waals surface area contributed by atoms with E-state index in [4.69, 9.17) is 0 Å². The Morgan fingerprint density at radius 3 is 1.49 bits per heavy atom. The minimum atomic E-state index is -0.0688. The summed E-state index contributed by atoms with van der Waals surface area (Å²) >= 11 is 0. The minimum Gasteiger partial charge on any atom is -0.0622 e. The molecule has 0 spiro atoms. The maximum atomic E-state index is 2.44. The van der Waals surface area contributed by atoms with Gasteiger partial charge in [0.05, 0.1) is 0 Å². The lowest BCUT2D eigenvalue weighted by molar-refractivity contribution is 0.661. The standard InChI is InChI=1S/C51H34/c1-51(2)44-30-37(26-27-38(44)43-28-35-14-6-7-15-36(35)29-45(43)51)31-22-24-34(25-23-31)48-40-19-9-8-18-39(40)47(33-12-4-3-5-13-33)49-41-20-10-16-32-17-11-21-42(46(32)41)50(48)49/h3-30H,1-2H3. The predicted octanol–water partition coefficient (Wildman–Crippen LogP) is 14.1. The number of fused-ring (bicyclic) bond motifs is 8. The highest BCUT2D eigenvalue weighted by Crippen LogP contribution is 2.58. The highest BCUT2D eigenvalue weighted by atomic mass is 14.4. The fourth-order valence-corrected chi connectivity index (χ4v) is 9.37. The quantitative estimate of drug-likeness (QED) is 0.179. The van der Waals surface area contributed by atoms with Crippen molar-refractivity contribution in [2.45, 2.75) is 19.3 Å². The molecule has 0 unspecified atom stereocenters. The Bertz CT molecular complexity index is 2900. The van der Waals surface area contributed by atoms with Crippen molar-refractivity contribution in [3.05, 3.63) is 181 Å². The lowest BCUT2D eigenvalue weighted by Gasteiger charge is -2.22. The maximum Gasteiger partial charge on any atom is 0.0159 e. The predicted molar refractivity (Wildman–Crippen MR) is 217 cm³/mol. The summed E-state index contributed by atoms with van der Waals surface area (Å²) in [5, 5.41) is 7.84. The van der Waals surface area contributed by atoms with Gasteiger partial charge in [-0.1, -0.05) is 166 Å². The van der Waals surface area contributed by atoms with E-state index in [2.05, 4.69) is 184 Å². The second kappa shape index (κ2) is 10.4. The first-order valence-corrected chi connectivity index (χ1v) is 18.0. The molecule has 0 bridgehead atoms. The number of hydrogen-bond acceptors (Lipinski definition) is 0. The van der Waals surface area contributed by atoms with Crippen LogP contribution < -0.4 is 0 Å². The summed E-state index contributed by atoms with van der Waals surface area (Å²) in [5.74, 6) is 0. The third kappa shape index (κ3) is 3.96. The second-order valence-corrected chi connectivity index (χ2v) is 14.8. The lowest BCUT2D eigenvalue weighted by Crippen LogP contribution is -2.15. The van der Waals surface area contributed by atoms with E-state index in [-0.39, 0.29) is 5.41 Å². The smallest absolute Gasteiger partial charge is 0.0159 e. The highest BCUT2D eigenvalue weighted by Gasteiger charge is 2.36. The van der Waals surface area contributed by atoms with Gasteiger partial charge in [-0.15, -0.1) is 0 Å². The van der Waals surface area contributed by atoms with E-state index in [9.17, 15) is 0 Å². The Hall–Kier alpha value is -6.24.